The Morgan fingerprint density at radius 3 is 2.68 bits per heavy atom. The number of rotatable bonds is 4. The van der Waals surface area contributed by atoms with Crippen molar-refractivity contribution in [1.82, 2.24) is 26.7 Å². The smallest absolute Gasteiger partial charge is 0.271 e. The van der Waals surface area contributed by atoms with Gasteiger partial charge in [0.25, 0.3) is 11.8 Å². The third kappa shape index (κ3) is 3.97. The maximum absolute atomic E-state index is 12.5. The maximum Gasteiger partial charge on any atom is 0.281 e. The van der Waals surface area contributed by atoms with Gasteiger partial charge in [-0.05, 0) is 30.4 Å². The molecule has 0 bridgehead atoms. The van der Waals surface area contributed by atoms with Crippen molar-refractivity contribution in [3.05, 3.63) is 64.0 Å². The van der Waals surface area contributed by atoms with Crippen molar-refractivity contribution in [2.75, 3.05) is 0 Å². The number of nitrogens with one attached hydrogen (secondary N) is 4. The first-order valence-electron chi connectivity index (χ1n) is 8.79. The van der Waals surface area contributed by atoms with Gasteiger partial charge in [0.05, 0.1) is 10.6 Å². The first-order valence-corrected chi connectivity index (χ1v) is 10.5. The van der Waals surface area contributed by atoms with Crippen LogP contribution in [-0.2, 0) is 4.79 Å². The molecule has 2 aromatic heterocycles. The summed E-state index contributed by atoms with van der Waals surface area (Å²) in [6.45, 7) is 1.79. The van der Waals surface area contributed by atoms with Crippen molar-refractivity contribution in [3.8, 4) is 9.88 Å². The molecule has 144 valence electrons. The number of aryl methyl sites for hydroxylation is 1. The molecule has 0 radical (unpaired) electrons. The highest BCUT2D eigenvalue weighted by atomic mass is 32.1. The van der Waals surface area contributed by atoms with Crippen LogP contribution in [0.3, 0.4) is 0 Å². The third-order valence-corrected chi connectivity index (χ3v) is 6.65. The van der Waals surface area contributed by atoms with Gasteiger partial charge >= 0.3 is 0 Å². The molecule has 1 saturated heterocycles. The molecular formula is C19H19N5O2S2. The molecule has 2 atom stereocenters. The number of carbonyl (C=O) groups excluding carboxylic acids is 2. The van der Waals surface area contributed by atoms with E-state index < -0.39 is 6.04 Å². The van der Waals surface area contributed by atoms with Gasteiger partial charge < -0.3 is 0 Å². The van der Waals surface area contributed by atoms with Gasteiger partial charge in [0.2, 0.25) is 0 Å². The maximum atomic E-state index is 12.5. The average Bonchev–Trinajstić information content (AvgIpc) is 3.46. The number of hydrogen-bond donors (Lipinski definition) is 4. The van der Waals surface area contributed by atoms with Crippen LogP contribution in [-0.4, -0.2) is 22.8 Å². The second kappa shape index (κ2) is 8.19. The van der Waals surface area contributed by atoms with E-state index in [2.05, 4.69) is 26.7 Å². The summed E-state index contributed by atoms with van der Waals surface area (Å²) in [6.07, 6.45) is 0.591. The first kappa shape index (κ1) is 18.8. The molecule has 1 fully saturated rings. The van der Waals surface area contributed by atoms with Crippen molar-refractivity contribution < 1.29 is 9.59 Å². The largest absolute Gasteiger partial charge is 0.281 e. The molecule has 1 aliphatic heterocycles. The zero-order valence-corrected chi connectivity index (χ0v) is 16.7. The number of hydrazine groups is 2. The lowest BCUT2D eigenvalue weighted by atomic mass is 10.0. The van der Waals surface area contributed by atoms with Crippen LogP contribution in [0, 0.1) is 6.92 Å². The second-order valence-corrected chi connectivity index (χ2v) is 8.34. The van der Waals surface area contributed by atoms with Crippen LogP contribution in [0.5, 0.6) is 0 Å². The van der Waals surface area contributed by atoms with E-state index in [0.717, 1.165) is 15.4 Å². The van der Waals surface area contributed by atoms with Crippen LogP contribution < -0.4 is 21.7 Å². The molecule has 28 heavy (non-hydrogen) atoms. The van der Waals surface area contributed by atoms with Crippen LogP contribution in [0.2, 0.25) is 0 Å². The minimum absolute atomic E-state index is 0.0461. The quantitative estimate of drug-likeness (QED) is 0.493. The summed E-state index contributed by atoms with van der Waals surface area (Å²) in [5, 5.41) is 2.77. The minimum Gasteiger partial charge on any atom is -0.271 e. The van der Waals surface area contributed by atoms with E-state index in [1.54, 1.807) is 18.3 Å². The Morgan fingerprint density at radius 1 is 1.11 bits per heavy atom. The number of hydrogen-bond acceptors (Lipinski definition) is 7. The Bertz CT molecular complexity index is 972. The van der Waals surface area contributed by atoms with Gasteiger partial charge in [-0.3, -0.25) is 20.4 Å². The van der Waals surface area contributed by atoms with Gasteiger partial charge in [0.15, 0.2) is 0 Å². The molecule has 3 aromatic rings. The predicted octanol–water partition coefficient (Wildman–Crippen LogP) is 2.55. The Morgan fingerprint density at radius 2 is 1.93 bits per heavy atom. The second-order valence-electron chi connectivity index (χ2n) is 6.39. The Labute approximate surface area is 170 Å². The van der Waals surface area contributed by atoms with Gasteiger partial charge in [-0.2, -0.15) is 0 Å². The standard InChI is InChI=1S/C19H19N5O2S2/c1-11-16(28-19(20-11)15-8-5-9-27-15)18(26)24-23-17(25)14-10-13(21-22-14)12-6-3-2-4-7-12/h2-9,13-14,21-22H,10H2,1H3,(H,23,25)(H,24,26). The molecule has 1 aliphatic rings. The fraction of sp³-hybridized carbons (Fsp3) is 0.211. The number of carbonyl (C=O) groups is 2. The summed E-state index contributed by atoms with van der Waals surface area (Å²) < 4.78 is 0. The van der Waals surface area contributed by atoms with Crippen LogP contribution in [0.1, 0.15) is 33.4 Å². The molecule has 2 amide bonds. The lowest BCUT2D eigenvalue weighted by Gasteiger charge is -2.11. The van der Waals surface area contributed by atoms with Crippen LogP contribution in [0.4, 0.5) is 0 Å². The molecule has 0 spiro atoms. The van der Waals surface area contributed by atoms with Gasteiger partial charge in [-0.15, -0.1) is 22.7 Å². The van der Waals surface area contributed by atoms with E-state index in [1.807, 2.05) is 47.8 Å². The molecule has 4 rings (SSSR count). The summed E-state index contributed by atoms with van der Waals surface area (Å²) in [4.78, 5) is 30.8. The monoisotopic (exact) mass is 413 g/mol. The molecule has 9 heteroatoms. The number of benzene rings is 1. The number of nitrogens with zero attached hydrogens (tertiary/aromatic N) is 1. The highest BCUT2D eigenvalue weighted by Gasteiger charge is 2.30. The molecule has 0 saturated carbocycles. The summed E-state index contributed by atoms with van der Waals surface area (Å²) in [5.74, 6) is -0.656. The number of thiophene rings is 1. The van der Waals surface area contributed by atoms with Gasteiger partial charge in [-0.25, -0.2) is 15.8 Å². The van der Waals surface area contributed by atoms with Crippen molar-refractivity contribution >= 4 is 34.5 Å². The topological polar surface area (TPSA) is 95.2 Å². The van der Waals surface area contributed by atoms with Gasteiger partial charge in [-0.1, -0.05) is 36.4 Å². The predicted molar refractivity (Wildman–Crippen MR) is 110 cm³/mol. The number of amides is 2. The fourth-order valence-corrected chi connectivity index (χ4v) is 4.77. The zero-order chi connectivity index (χ0) is 19.5. The van der Waals surface area contributed by atoms with E-state index in [4.69, 9.17) is 0 Å². The highest BCUT2D eigenvalue weighted by molar-refractivity contribution is 7.22. The summed E-state index contributed by atoms with van der Waals surface area (Å²) in [6, 6.07) is 13.4. The fourth-order valence-electron chi connectivity index (χ4n) is 3.01. The van der Waals surface area contributed by atoms with Crippen molar-refractivity contribution in [2.45, 2.75) is 25.4 Å². The molecular weight excluding hydrogens is 394 g/mol. The Kier molecular flexibility index (Phi) is 5.49. The molecule has 0 aliphatic carbocycles. The van der Waals surface area contributed by atoms with E-state index in [1.165, 1.54) is 11.3 Å². The lowest BCUT2D eigenvalue weighted by molar-refractivity contribution is -0.123. The summed E-state index contributed by atoms with van der Waals surface area (Å²) >= 11 is 2.89. The first-order chi connectivity index (χ1) is 13.6. The zero-order valence-electron chi connectivity index (χ0n) is 15.1. The number of aromatic nitrogens is 1. The van der Waals surface area contributed by atoms with E-state index in [0.29, 0.717) is 17.0 Å². The normalized spacial score (nSPS) is 18.8. The van der Waals surface area contributed by atoms with Crippen LogP contribution in [0.15, 0.2) is 47.8 Å². The molecule has 3 heterocycles. The van der Waals surface area contributed by atoms with Crippen LogP contribution in [0.25, 0.3) is 9.88 Å². The van der Waals surface area contributed by atoms with Gasteiger partial charge in [0, 0.05) is 6.04 Å². The molecule has 4 N–H and O–H groups in total. The summed E-state index contributed by atoms with van der Waals surface area (Å²) in [5.41, 5.74) is 12.9. The van der Waals surface area contributed by atoms with E-state index in [-0.39, 0.29) is 17.9 Å². The molecule has 2 unspecified atom stereocenters. The Balaban J connectivity index is 1.33. The van der Waals surface area contributed by atoms with E-state index in [9.17, 15) is 9.59 Å². The van der Waals surface area contributed by atoms with Crippen LogP contribution >= 0.6 is 22.7 Å². The van der Waals surface area contributed by atoms with Gasteiger partial charge in [0.1, 0.15) is 15.9 Å². The van der Waals surface area contributed by atoms with Crippen molar-refractivity contribution in [2.24, 2.45) is 0 Å². The third-order valence-electron chi connectivity index (χ3n) is 4.46. The minimum atomic E-state index is -0.435. The van der Waals surface area contributed by atoms with E-state index >= 15 is 0 Å². The lowest BCUT2D eigenvalue weighted by Crippen LogP contribution is -2.50. The highest BCUT2D eigenvalue weighted by Crippen LogP contribution is 2.30. The van der Waals surface area contributed by atoms with Crippen molar-refractivity contribution in [3.63, 3.8) is 0 Å². The summed E-state index contributed by atoms with van der Waals surface area (Å²) in [7, 11) is 0. The average molecular weight is 414 g/mol. The Hall–Kier alpha value is -2.59. The molecule has 1 aromatic carbocycles. The number of thiazole rings is 1. The van der Waals surface area contributed by atoms with Crippen molar-refractivity contribution in [1.29, 1.82) is 0 Å². The SMILES string of the molecule is Cc1nc(-c2cccs2)sc1C(=O)NNC(=O)C1CC(c2ccccc2)NN1. The molecule has 7 nitrogen and oxygen atoms in total.